The number of nitrogens with zero attached hydrogens (tertiary/aromatic N) is 1. The fourth-order valence-corrected chi connectivity index (χ4v) is 5.96. The van der Waals surface area contributed by atoms with Crippen molar-refractivity contribution >= 4 is 50.5 Å². The largest absolute Gasteiger partial charge is 0.494 e. The highest BCUT2D eigenvalue weighted by Gasteiger charge is 2.59. The molecule has 2 heterocycles. The van der Waals surface area contributed by atoms with E-state index in [1.165, 1.54) is 0 Å². The van der Waals surface area contributed by atoms with E-state index < -0.39 is 11.6 Å². The van der Waals surface area contributed by atoms with Gasteiger partial charge < -0.3 is 20.1 Å². The molecule has 1 fully saturated rings. The lowest BCUT2D eigenvalue weighted by Gasteiger charge is -2.56. The Kier molecular flexibility index (Phi) is 6.43. The minimum atomic E-state index is -1.08. The van der Waals surface area contributed by atoms with Crippen molar-refractivity contribution < 1.29 is 14.3 Å². The summed E-state index contributed by atoms with van der Waals surface area (Å²) in [7, 11) is 0. The van der Waals surface area contributed by atoms with E-state index in [-0.39, 0.29) is 11.9 Å². The Balaban J connectivity index is 1.59. The monoisotopic (exact) mass is 565 g/mol. The van der Waals surface area contributed by atoms with Gasteiger partial charge in [-0.25, -0.2) is 0 Å². The molecule has 0 aromatic heterocycles. The number of halogens is 1. The maximum atomic E-state index is 14.0. The number of hydrogen-bond donors (Lipinski definition) is 2. The van der Waals surface area contributed by atoms with E-state index in [1.807, 2.05) is 87.2 Å². The van der Waals surface area contributed by atoms with Crippen molar-refractivity contribution in [2.24, 2.45) is 5.92 Å². The number of anilines is 2. The summed E-state index contributed by atoms with van der Waals surface area (Å²) >= 11 is 9.41. The quantitative estimate of drug-likeness (QED) is 0.356. The molecule has 2 aliphatic heterocycles. The van der Waals surface area contributed by atoms with Crippen molar-refractivity contribution in [3.8, 4) is 11.5 Å². The van der Waals surface area contributed by atoms with Crippen LogP contribution < -0.4 is 25.0 Å². The summed E-state index contributed by atoms with van der Waals surface area (Å²) in [6.07, 6.45) is 0. The van der Waals surface area contributed by atoms with Gasteiger partial charge in [0, 0.05) is 21.4 Å². The summed E-state index contributed by atoms with van der Waals surface area (Å²) < 4.78 is 13.2. The van der Waals surface area contributed by atoms with Crippen molar-refractivity contribution in [2.45, 2.75) is 39.5 Å². The van der Waals surface area contributed by atoms with Gasteiger partial charge in [-0.05, 0) is 94.0 Å². The second-order valence-corrected chi connectivity index (χ2v) is 10.6. The zero-order valence-corrected chi connectivity index (χ0v) is 23.0. The lowest BCUT2D eigenvalue weighted by atomic mass is 9.78. The van der Waals surface area contributed by atoms with Crippen LogP contribution in [0.25, 0.3) is 0 Å². The highest BCUT2D eigenvalue weighted by Crippen LogP contribution is 2.50. The molecule has 2 N–H and O–H groups in total. The Morgan fingerprint density at radius 2 is 1.92 bits per heavy atom. The molecule has 2 aliphatic rings. The number of hydrogen-bond acceptors (Lipinski definition) is 4. The first kappa shape index (κ1) is 24.6. The van der Waals surface area contributed by atoms with E-state index in [0.717, 1.165) is 38.3 Å². The molecule has 3 aromatic rings. The number of carbonyl (C=O) groups is 1. The molecule has 0 saturated carbocycles. The molecule has 2 bridgehead atoms. The average Bonchev–Trinajstić information content (AvgIpc) is 2.82. The van der Waals surface area contributed by atoms with Gasteiger partial charge in [0.2, 0.25) is 5.91 Å². The molecule has 5 rings (SSSR count). The van der Waals surface area contributed by atoms with Gasteiger partial charge in [0.1, 0.15) is 17.4 Å². The Hall–Kier alpha value is -3.10. The zero-order chi connectivity index (χ0) is 25.6. The van der Waals surface area contributed by atoms with Crippen LogP contribution in [0.4, 0.5) is 11.4 Å². The van der Waals surface area contributed by atoms with Crippen molar-refractivity contribution in [1.29, 1.82) is 0 Å². The summed E-state index contributed by atoms with van der Waals surface area (Å²) in [4.78, 5) is 15.9. The molecule has 1 amide bonds. The van der Waals surface area contributed by atoms with Gasteiger partial charge in [-0.15, -0.1) is 0 Å². The molecular formula is C28H28BrN3O3S. The summed E-state index contributed by atoms with van der Waals surface area (Å²) in [6.45, 7) is 8.49. The topological polar surface area (TPSA) is 62.8 Å². The van der Waals surface area contributed by atoms with Crippen LogP contribution in [0.3, 0.4) is 0 Å². The Labute approximate surface area is 225 Å². The van der Waals surface area contributed by atoms with E-state index in [4.69, 9.17) is 21.7 Å². The molecule has 3 aromatic carbocycles. The van der Waals surface area contributed by atoms with Crippen LogP contribution in [-0.2, 0) is 4.79 Å². The summed E-state index contributed by atoms with van der Waals surface area (Å²) in [5.74, 6) is 0.723. The normalized spacial score (nSPS) is 22.2. The number of aryl methyl sites for hydroxylation is 2. The maximum Gasteiger partial charge on any atom is 0.236 e. The minimum absolute atomic E-state index is 0.147. The lowest BCUT2D eigenvalue weighted by molar-refractivity contribution is -0.130. The number of fused-ring (bicyclic) bond motifs is 4. The van der Waals surface area contributed by atoms with Crippen LogP contribution in [0.15, 0.2) is 65.1 Å². The van der Waals surface area contributed by atoms with E-state index >= 15 is 0 Å². The summed E-state index contributed by atoms with van der Waals surface area (Å²) in [5.41, 5.74) is 3.54. The predicted molar refractivity (Wildman–Crippen MR) is 150 cm³/mol. The third kappa shape index (κ3) is 4.22. The number of amides is 1. The first-order valence-corrected chi connectivity index (χ1v) is 13.1. The molecule has 0 unspecified atom stereocenters. The van der Waals surface area contributed by atoms with E-state index in [2.05, 4.69) is 32.6 Å². The highest BCUT2D eigenvalue weighted by atomic mass is 79.9. The van der Waals surface area contributed by atoms with Gasteiger partial charge in [-0.2, -0.15) is 0 Å². The summed E-state index contributed by atoms with van der Waals surface area (Å²) in [6, 6.07) is 19.1. The number of carbonyl (C=O) groups excluding carboxylic acids is 1. The average molecular weight is 567 g/mol. The van der Waals surface area contributed by atoms with Gasteiger partial charge in [0.05, 0.1) is 12.6 Å². The maximum absolute atomic E-state index is 14.0. The highest BCUT2D eigenvalue weighted by molar-refractivity contribution is 9.10. The van der Waals surface area contributed by atoms with Crippen LogP contribution in [0, 0.1) is 19.8 Å². The van der Waals surface area contributed by atoms with Crippen LogP contribution in [-0.4, -0.2) is 23.4 Å². The van der Waals surface area contributed by atoms with Crippen molar-refractivity contribution in [1.82, 2.24) is 5.32 Å². The van der Waals surface area contributed by atoms with Crippen LogP contribution in [0.2, 0.25) is 0 Å². The third-order valence-electron chi connectivity index (χ3n) is 6.79. The van der Waals surface area contributed by atoms with Crippen LogP contribution in [0.5, 0.6) is 11.5 Å². The molecule has 36 heavy (non-hydrogen) atoms. The molecule has 1 saturated heterocycles. The Morgan fingerprint density at radius 1 is 1.17 bits per heavy atom. The van der Waals surface area contributed by atoms with Gasteiger partial charge >= 0.3 is 0 Å². The van der Waals surface area contributed by atoms with Crippen LogP contribution in [0.1, 0.15) is 36.6 Å². The Morgan fingerprint density at radius 3 is 2.61 bits per heavy atom. The predicted octanol–water partition coefficient (Wildman–Crippen LogP) is 6.26. The van der Waals surface area contributed by atoms with Gasteiger partial charge in [0.15, 0.2) is 10.8 Å². The van der Waals surface area contributed by atoms with Crippen molar-refractivity contribution in [3.63, 3.8) is 0 Å². The van der Waals surface area contributed by atoms with Gasteiger partial charge in [-0.3, -0.25) is 9.69 Å². The second-order valence-electron chi connectivity index (χ2n) is 9.31. The molecule has 0 spiro atoms. The fourth-order valence-electron chi connectivity index (χ4n) is 5.17. The second kappa shape index (κ2) is 9.41. The van der Waals surface area contributed by atoms with E-state index in [1.54, 1.807) is 0 Å². The molecular weight excluding hydrogens is 538 g/mol. The number of rotatable bonds is 5. The molecule has 0 aliphatic carbocycles. The fraction of sp³-hybridized carbons (Fsp3) is 0.286. The molecule has 6 nitrogen and oxygen atoms in total. The van der Waals surface area contributed by atoms with E-state index in [0.29, 0.717) is 17.5 Å². The number of ether oxygens (including phenoxy) is 2. The molecule has 3 atom stereocenters. The number of nitrogens with one attached hydrogen (secondary N) is 2. The van der Waals surface area contributed by atoms with Gasteiger partial charge in [0.25, 0.3) is 0 Å². The van der Waals surface area contributed by atoms with Crippen molar-refractivity contribution in [2.75, 3.05) is 16.8 Å². The SMILES string of the molecule is CCOc1ccc(N2C(=S)N[C@@H]3c4cc(Br)ccc4O[C@]2(C)[C@@H]3C(=O)Nc2ccc(C)cc2C)cc1. The number of thiocarbonyl (C=S) groups is 1. The van der Waals surface area contributed by atoms with Crippen molar-refractivity contribution in [3.05, 3.63) is 81.8 Å². The molecule has 0 radical (unpaired) electrons. The smallest absolute Gasteiger partial charge is 0.236 e. The standard InChI is InChI=1S/C28H28BrN3O3S/c1-5-34-20-10-8-19(9-11-20)32-27(36)31-25-21-15-18(29)7-13-23(21)35-28(32,4)24(25)26(33)30-22-12-6-16(2)14-17(22)3/h6-15,24-25H,5H2,1-4H3,(H,30,33)(H,31,36)/t24-,25+,28+/m0/s1. The minimum Gasteiger partial charge on any atom is -0.494 e. The van der Waals surface area contributed by atoms with Crippen LogP contribution >= 0.6 is 28.1 Å². The van der Waals surface area contributed by atoms with E-state index in [9.17, 15) is 4.79 Å². The Bertz CT molecular complexity index is 1350. The third-order valence-corrected chi connectivity index (χ3v) is 7.58. The zero-order valence-electron chi connectivity index (χ0n) is 20.6. The molecule has 186 valence electrons. The molecule has 8 heteroatoms. The number of benzene rings is 3. The lowest BCUT2D eigenvalue weighted by Crippen LogP contribution is -2.72. The first-order chi connectivity index (χ1) is 17.2. The van der Waals surface area contributed by atoms with Gasteiger partial charge in [-0.1, -0.05) is 33.6 Å². The summed E-state index contributed by atoms with van der Waals surface area (Å²) in [5, 5.41) is 7.10. The first-order valence-electron chi connectivity index (χ1n) is 11.9.